The maximum atomic E-state index is 14.0. The summed E-state index contributed by atoms with van der Waals surface area (Å²) < 4.78 is 21.1. The molecule has 0 aliphatic rings. The van der Waals surface area contributed by atoms with Crippen LogP contribution < -0.4 is 5.43 Å². The standard InChI is InChI=1S/C19H15FN4O2/c1-10-12(3)26-16-9-13(6-7-14(16)18(10)25)17-11(2)24(23-22-17)15-5-4-8-21-19(15)20/h4-9H,1-3H3. The third-order valence-electron chi connectivity index (χ3n) is 4.49. The van der Waals surface area contributed by atoms with E-state index in [2.05, 4.69) is 15.3 Å². The number of hydrogen-bond donors (Lipinski definition) is 0. The molecule has 3 aromatic heterocycles. The molecule has 0 spiro atoms. The van der Waals surface area contributed by atoms with E-state index in [0.717, 1.165) is 5.56 Å². The predicted molar refractivity (Wildman–Crippen MR) is 94.8 cm³/mol. The van der Waals surface area contributed by atoms with E-state index >= 15 is 0 Å². The Hall–Kier alpha value is -3.35. The Morgan fingerprint density at radius 2 is 1.96 bits per heavy atom. The molecule has 4 aromatic rings. The molecule has 0 radical (unpaired) electrons. The summed E-state index contributed by atoms with van der Waals surface area (Å²) in [5.74, 6) is -0.0416. The molecule has 6 nitrogen and oxygen atoms in total. The van der Waals surface area contributed by atoms with Crippen molar-refractivity contribution < 1.29 is 8.81 Å². The number of pyridine rings is 1. The lowest BCUT2D eigenvalue weighted by Crippen LogP contribution is -2.07. The zero-order valence-electron chi connectivity index (χ0n) is 14.4. The molecule has 0 N–H and O–H groups in total. The van der Waals surface area contributed by atoms with Crippen LogP contribution in [-0.4, -0.2) is 20.0 Å². The maximum absolute atomic E-state index is 14.0. The summed E-state index contributed by atoms with van der Waals surface area (Å²) in [4.78, 5) is 16.0. The van der Waals surface area contributed by atoms with Crippen molar-refractivity contribution in [2.24, 2.45) is 0 Å². The molecule has 26 heavy (non-hydrogen) atoms. The first-order chi connectivity index (χ1) is 12.5. The van der Waals surface area contributed by atoms with Gasteiger partial charge in [0.1, 0.15) is 22.7 Å². The van der Waals surface area contributed by atoms with Crippen molar-refractivity contribution in [1.29, 1.82) is 0 Å². The average Bonchev–Trinajstić information content (AvgIpc) is 3.01. The highest BCUT2D eigenvalue weighted by molar-refractivity contribution is 5.82. The number of halogens is 1. The molecule has 3 heterocycles. The molecule has 0 unspecified atom stereocenters. The van der Waals surface area contributed by atoms with Gasteiger partial charge in [-0.15, -0.1) is 5.10 Å². The second kappa shape index (κ2) is 5.87. The van der Waals surface area contributed by atoms with Crippen LogP contribution in [0.2, 0.25) is 0 Å². The maximum Gasteiger partial charge on any atom is 0.238 e. The van der Waals surface area contributed by atoms with Gasteiger partial charge in [-0.2, -0.15) is 4.39 Å². The highest BCUT2D eigenvalue weighted by Crippen LogP contribution is 2.26. The molecule has 7 heteroatoms. The van der Waals surface area contributed by atoms with E-state index in [4.69, 9.17) is 4.42 Å². The van der Waals surface area contributed by atoms with E-state index in [-0.39, 0.29) is 11.1 Å². The van der Waals surface area contributed by atoms with E-state index in [0.29, 0.717) is 33.7 Å². The fourth-order valence-electron chi connectivity index (χ4n) is 2.91. The zero-order chi connectivity index (χ0) is 18.4. The highest BCUT2D eigenvalue weighted by atomic mass is 19.1. The molecule has 0 aliphatic carbocycles. The van der Waals surface area contributed by atoms with E-state index in [1.807, 2.05) is 0 Å². The summed E-state index contributed by atoms with van der Waals surface area (Å²) in [6, 6.07) is 8.47. The summed E-state index contributed by atoms with van der Waals surface area (Å²) in [7, 11) is 0. The molecule has 0 bridgehead atoms. The first-order valence-electron chi connectivity index (χ1n) is 8.05. The first kappa shape index (κ1) is 16.1. The highest BCUT2D eigenvalue weighted by Gasteiger charge is 2.16. The van der Waals surface area contributed by atoms with Gasteiger partial charge in [0, 0.05) is 17.3 Å². The van der Waals surface area contributed by atoms with Crippen LogP contribution in [0.3, 0.4) is 0 Å². The number of fused-ring (bicyclic) bond motifs is 1. The van der Waals surface area contributed by atoms with E-state index in [1.165, 1.54) is 10.9 Å². The van der Waals surface area contributed by atoms with Crippen LogP contribution in [0.1, 0.15) is 17.0 Å². The summed E-state index contributed by atoms with van der Waals surface area (Å²) in [5.41, 5.74) is 3.22. The fraction of sp³-hybridized carbons (Fsp3) is 0.158. The SMILES string of the molecule is Cc1oc2cc(-c3nnn(-c4cccnc4F)c3C)ccc2c(=O)c1C. The van der Waals surface area contributed by atoms with Crippen LogP contribution >= 0.6 is 0 Å². The Morgan fingerprint density at radius 1 is 1.15 bits per heavy atom. The van der Waals surface area contributed by atoms with Crippen molar-refractivity contribution in [3.05, 3.63) is 69.7 Å². The Morgan fingerprint density at radius 3 is 2.73 bits per heavy atom. The lowest BCUT2D eigenvalue weighted by Gasteiger charge is -2.06. The van der Waals surface area contributed by atoms with E-state index < -0.39 is 5.95 Å². The van der Waals surface area contributed by atoms with Gasteiger partial charge < -0.3 is 4.42 Å². The van der Waals surface area contributed by atoms with Gasteiger partial charge in [0.2, 0.25) is 5.95 Å². The van der Waals surface area contributed by atoms with Crippen LogP contribution in [-0.2, 0) is 0 Å². The second-order valence-corrected chi connectivity index (χ2v) is 6.07. The Kier molecular flexibility index (Phi) is 3.64. The number of aromatic nitrogens is 4. The number of rotatable bonds is 2. The number of nitrogens with zero attached hydrogens (tertiary/aromatic N) is 4. The quantitative estimate of drug-likeness (QED) is 0.517. The normalized spacial score (nSPS) is 11.2. The lowest BCUT2D eigenvalue weighted by molar-refractivity contribution is 0.559. The van der Waals surface area contributed by atoms with Gasteiger partial charge in [-0.3, -0.25) is 4.79 Å². The van der Waals surface area contributed by atoms with Gasteiger partial charge in [0.05, 0.1) is 11.1 Å². The summed E-state index contributed by atoms with van der Waals surface area (Å²) in [5, 5.41) is 8.73. The largest absolute Gasteiger partial charge is 0.461 e. The number of hydrogen-bond acceptors (Lipinski definition) is 5. The monoisotopic (exact) mass is 350 g/mol. The van der Waals surface area contributed by atoms with Crippen LogP contribution in [0.4, 0.5) is 4.39 Å². The van der Waals surface area contributed by atoms with Gasteiger partial charge in [0.25, 0.3) is 0 Å². The van der Waals surface area contributed by atoms with E-state index in [9.17, 15) is 9.18 Å². The minimum atomic E-state index is -0.623. The lowest BCUT2D eigenvalue weighted by atomic mass is 10.1. The van der Waals surface area contributed by atoms with Crippen molar-refractivity contribution in [2.75, 3.05) is 0 Å². The van der Waals surface area contributed by atoms with Gasteiger partial charge in [-0.05, 0) is 45.0 Å². The molecule has 4 rings (SSSR count). The van der Waals surface area contributed by atoms with Crippen molar-refractivity contribution in [3.8, 4) is 16.9 Å². The summed E-state index contributed by atoms with van der Waals surface area (Å²) >= 11 is 0. The van der Waals surface area contributed by atoms with Gasteiger partial charge >= 0.3 is 0 Å². The third-order valence-corrected chi connectivity index (χ3v) is 4.49. The smallest absolute Gasteiger partial charge is 0.238 e. The molecule has 0 aliphatic heterocycles. The molecule has 0 atom stereocenters. The average molecular weight is 350 g/mol. The van der Waals surface area contributed by atoms with Gasteiger partial charge in [0.15, 0.2) is 5.43 Å². The molecule has 0 saturated heterocycles. The summed E-state index contributed by atoms with van der Waals surface area (Å²) in [6.45, 7) is 5.30. The minimum Gasteiger partial charge on any atom is -0.461 e. The van der Waals surface area contributed by atoms with Crippen molar-refractivity contribution in [1.82, 2.24) is 20.0 Å². The number of benzene rings is 1. The van der Waals surface area contributed by atoms with Gasteiger partial charge in [-0.25, -0.2) is 9.67 Å². The van der Waals surface area contributed by atoms with Crippen molar-refractivity contribution in [2.45, 2.75) is 20.8 Å². The van der Waals surface area contributed by atoms with Crippen LogP contribution in [0, 0.1) is 26.7 Å². The Labute approximate surface area is 147 Å². The predicted octanol–water partition coefficient (Wildman–Crippen LogP) is 3.50. The van der Waals surface area contributed by atoms with Crippen LogP contribution in [0.5, 0.6) is 0 Å². The molecular formula is C19H15FN4O2. The van der Waals surface area contributed by atoms with Gasteiger partial charge in [-0.1, -0.05) is 11.3 Å². The Bertz CT molecular complexity index is 1210. The molecule has 0 fully saturated rings. The Balaban J connectivity index is 1.88. The number of aryl methyl sites for hydroxylation is 1. The molecule has 1 aromatic carbocycles. The topological polar surface area (TPSA) is 73.8 Å². The summed E-state index contributed by atoms with van der Waals surface area (Å²) in [6.07, 6.45) is 1.38. The second-order valence-electron chi connectivity index (χ2n) is 6.07. The third kappa shape index (κ3) is 2.40. The van der Waals surface area contributed by atoms with Crippen LogP contribution in [0.15, 0.2) is 45.7 Å². The molecule has 0 saturated carbocycles. The first-order valence-corrected chi connectivity index (χ1v) is 8.05. The minimum absolute atomic E-state index is 0.0480. The fourth-order valence-corrected chi connectivity index (χ4v) is 2.91. The van der Waals surface area contributed by atoms with Crippen molar-refractivity contribution in [3.63, 3.8) is 0 Å². The molecule has 0 amide bonds. The molecular weight excluding hydrogens is 335 g/mol. The molecule has 130 valence electrons. The zero-order valence-corrected chi connectivity index (χ0v) is 14.4. The van der Waals surface area contributed by atoms with Crippen molar-refractivity contribution >= 4 is 11.0 Å². The van der Waals surface area contributed by atoms with Crippen LogP contribution in [0.25, 0.3) is 27.9 Å². The van der Waals surface area contributed by atoms with E-state index in [1.54, 1.807) is 51.1 Å².